The number of aliphatic imine (C=N–C) groups is 2. The van der Waals surface area contributed by atoms with Crippen molar-refractivity contribution in [3.8, 4) is 11.1 Å². The molecular weight excluding hydrogens is 232 g/mol. The molecule has 0 aliphatic carbocycles. The van der Waals surface area contributed by atoms with Gasteiger partial charge in [-0.3, -0.25) is 0 Å². The Kier molecular flexibility index (Phi) is 3.02. The lowest BCUT2D eigenvalue weighted by molar-refractivity contribution is 1.02. The molecular formula is C17H16N2. The number of hydrogen-bond donors (Lipinski definition) is 0. The van der Waals surface area contributed by atoms with Crippen molar-refractivity contribution in [3.63, 3.8) is 0 Å². The molecule has 3 rings (SSSR count). The highest BCUT2D eigenvalue weighted by Crippen LogP contribution is 2.31. The van der Waals surface area contributed by atoms with Crippen LogP contribution in [0.1, 0.15) is 22.3 Å². The fourth-order valence-electron chi connectivity index (χ4n) is 2.55. The maximum absolute atomic E-state index is 4.23. The zero-order valence-corrected chi connectivity index (χ0v) is 11.3. The van der Waals surface area contributed by atoms with Crippen molar-refractivity contribution in [2.24, 2.45) is 9.98 Å². The van der Waals surface area contributed by atoms with E-state index in [4.69, 9.17) is 0 Å². The smallest absolute Gasteiger partial charge is 0.0899 e. The third-order valence-corrected chi connectivity index (χ3v) is 3.80. The molecule has 0 fully saturated rings. The van der Waals surface area contributed by atoms with Crippen molar-refractivity contribution in [1.82, 2.24) is 0 Å². The topological polar surface area (TPSA) is 24.7 Å². The predicted molar refractivity (Wildman–Crippen MR) is 78.6 cm³/mol. The number of fused-ring (bicyclic) bond motifs is 1. The van der Waals surface area contributed by atoms with Gasteiger partial charge in [0, 0.05) is 0 Å². The van der Waals surface area contributed by atoms with Gasteiger partial charge < -0.3 is 0 Å². The summed E-state index contributed by atoms with van der Waals surface area (Å²) in [5.41, 5.74) is 7.78. The normalized spacial score (nSPS) is 13.2. The molecule has 0 saturated carbocycles. The van der Waals surface area contributed by atoms with Crippen LogP contribution in [0.4, 0.5) is 0 Å². The molecule has 1 heterocycles. The first-order chi connectivity index (χ1) is 9.27. The molecule has 0 saturated heterocycles. The summed E-state index contributed by atoms with van der Waals surface area (Å²) in [6, 6.07) is 15.6. The van der Waals surface area contributed by atoms with Crippen LogP contribution < -0.4 is 0 Å². The molecule has 94 valence electrons. The van der Waals surface area contributed by atoms with Gasteiger partial charge in [0.25, 0.3) is 0 Å². The highest BCUT2D eigenvalue weighted by Gasteiger charge is 2.12. The Bertz CT molecular complexity index is 692. The molecule has 2 aromatic carbocycles. The zero-order valence-electron chi connectivity index (χ0n) is 11.3. The molecule has 0 radical (unpaired) electrons. The molecule has 1 aliphatic heterocycles. The number of rotatable bonds is 1. The Hall–Kier alpha value is -2.18. The quantitative estimate of drug-likeness (QED) is 0.724. The highest BCUT2D eigenvalue weighted by molar-refractivity contribution is 5.73. The second-order valence-corrected chi connectivity index (χ2v) is 4.92. The maximum atomic E-state index is 4.23. The van der Waals surface area contributed by atoms with Crippen molar-refractivity contribution in [1.29, 1.82) is 0 Å². The molecule has 1 aliphatic rings. The van der Waals surface area contributed by atoms with E-state index in [9.17, 15) is 0 Å². The molecule has 2 aromatic rings. The van der Waals surface area contributed by atoms with Gasteiger partial charge in [-0.25, -0.2) is 9.98 Å². The van der Waals surface area contributed by atoms with E-state index in [-0.39, 0.29) is 0 Å². The van der Waals surface area contributed by atoms with E-state index < -0.39 is 0 Å². The molecule has 0 N–H and O–H groups in total. The highest BCUT2D eigenvalue weighted by atomic mass is 14.8. The van der Waals surface area contributed by atoms with Gasteiger partial charge >= 0.3 is 0 Å². The first-order valence-corrected chi connectivity index (χ1v) is 6.52. The van der Waals surface area contributed by atoms with E-state index in [2.05, 4.69) is 66.2 Å². The Morgan fingerprint density at radius 3 is 2.53 bits per heavy atom. The lowest BCUT2D eigenvalue weighted by Gasteiger charge is -2.14. The van der Waals surface area contributed by atoms with Crippen LogP contribution >= 0.6 is 0 Å². The fourth-order valence-corrected chi connectivity index (χ4v) is 2.55. The van der Waals surface area contributed by atoms with Gasteiger partial charge in [-0.1, -0.05) is 36.4 Å². The van der Waals surface area contributed by atoms with Gasteiger partial charge in [-0.15, -0.1) is 0 Å². The largest absolute Gasteiger partial charge is 0.221 e. The van der Waals surface area contributed by atoms with E-state index >= 15 is 0 Å². The Morgan fingerprint density at radius 1 is 0.895 bits per heavy atom. The zero-order chi connectivity index (χ0) is 13.2. The van der Waals surface area contributed by atoms with Gasteiger partial charge in [0.05, 0.1) is 19.1 Å². The minimum Gasteiger partial charge on any atom is -0.221 e. The van der Waals surface area contributed by atoms with Gasteiger partial charge in [0.15, 0.2) is 0 Å². The molecule has 0 bridgehead atoms. The van der Waals surface area contributed by atoms with Crippen LogP contribution in [0.25, 0.3) is 11.1 Å². The second kappa shape index (κ2) is 4.83. The van der Waals surface area contributed by atoms with Crippen LogP contribution in [0.2, 0.25) is 0 Å². The molecule has 0 spiro atoms. The predicted octanol–water partition coefficient (Wildman–Crippen LogP) is 4.16. The second-order valence-electron chi connectivity index (χ2n) is 4.92. The lowest BCUT2D eigenvalue weighted by Crippen LogP contribution is -1.96. The van der Waals surface area contributed by atoms with Crippen molar-refractivity contribution in [2.75, 3.05) is 0 Å². The molecule has 0 amide bonds. The lowest BCUT2D eigenvalue weighted by atomic mass is 9.91. The number of benzene rings is 2. The standard InChI is InChI=1S/C17H16N2/c1-12-5-3-7-15(13(12)2)16-8-4-6-14-9-18-11-19-10-17(14)16/h3-8H,9-10H2,1-2H3. The first kappa shape index (κ1) is 11.9. The van der Waals surface area contributed by atoms with Gasteiger partial charge in [0.2, 0.25) is 0 Å². The van der Waals surface area contributed by atoms with Crippen molar-refractivity contribution < 1.29 is 0 Å². The van der Waals surface area contributed by atoms with Gasteiger partial charge in [-0.05, 0) is 47.2 Å². The van der Waals surface area contributed by atoms with Crippen LogP contribution in [-0.4, -0.2) is 6.01 Å². The summed E-state index contributed by atoms with van der Waals surface area (Å²) in [7, 11) is 0. The Labute approximate surface area is 113 Å². The molecule has 0 unspecified atom stereocenters. The Balaban J connectivity index is 2.22. The SMILES string of the molecule is Cc1cccc(-c2cccc3c2CN=C=NC3)c1C. The third kappa shape index (κ3) is 2.11. The van der Waals surface area contributed by atoms with E-state index in [0.29, 0.717) is 13.1 Å². The summed E-state index contributed by atoms with van der Waals surface area (Å²) >= 11 is 0. The Morgan fingerprint density at radius 2 is 1.63 bits per heavy atom. The van der Waals surface area contributed by atoms with E-state index in [1.165, 1.54) is 33.4 Å². The first-order valence-electron chi connectivity index (χ1n) is 6.52. The van der Waals surface area contributed by atoms with Crippen LogP contribution in [0.5, 0.6) is 0 Å². The monoisotopic (exact) mass is 248 g/mol. The number of hydrogen-bond acceptors (Lipinski definition) is 2. The number of nitrogens with zero attached hydrogens (tertiary/aromatic N) is 2. The van der Waals surface area contributed by atoms with E-state index in [1.807, 2.05) is 0 Å². The van der Waals surface area contributed by atoms with Crippen LogP contribution in [-0.2, 0) is 13.1 Å². The van der Waals surface area contributed by atoms with Gasteiger partial charge in [0.1, 0.15) is 0 Å². The van der Waals surface area contributed by atoms with E-state index in [0.717, 1.165) is 0 Å². The average Bonchev–Trinajstić information content (AvgIpc) is 2.67. The van der Waals surface area contributed by atoms with Gasteiger partial charge in [-0.2, -0.15) is 0 Å². The molecule has 2 heteroatoms. The fraction of sp³-hybridized carbons (Fsp3) is 0.235. The average molecular weight is 248 g/mol. The minimum atomic E-state index is 0.669. The van der Waals surface area contributed by atoms with Crippen molar-refractivity contribution in [2.45, 2.75) is 26.9 Å². The van der Waals surface area contributed by atoms with Crippen molar-refractivity contribution >= 4 is 6.01 Å². The number of aryl methyl sites for hydroxylation is 1. The molecule has 2 nitrogen and oxygen atoms in total. The third-order valence-electron chi connectivity index (χ3n) is 3.80. The van der Waals surface area contributed by atoms with Crippen LogP contribution in [0.3, 0.4) is 0 Å². The molecule has 19 heavy (non-hydrogen) atoms. The summed E-state index contributed by atoms with van der Waals surface area (Å²) in [4.78, 5) is 8.40. The molecule has 0 atom stereocenters. The summed E-state index contributed by atoms with van der Waals surface area (Å²) in [5.74, 6) is 0. The summed E-state index contributed by atoms with van der Waals surface area (Å²) < 4.78 is 0. The van der Waals surface area contributed by atoms with Crippen molar-refractivity contribution in [3.05, 3.63) is 58.7 Å². The van der Waals surface area contributed by atoms with Crippen LogP contribution in [0.15, 0.2) is 46.4 Å². The summed E-state index contributed by atoms with van der Waals surface area (Å²) in [5, 5.41) is 0. The minimum absolute atomic E-state index is 0.669. The maximum Gasteiger partial charge on any atom is 0.0899 e. The summed E-state index contributed by atoms with van der Waals surface area (Å²) in [6.07, 6.45) is 0. The molecule has 0 aromatic heterocycles. The van der Waals surface area contributed by atoms with E-state index in [1.54, 1.807) is 0 Å². The van der Waals surface area contributed by atoms with Crippen LogP contribution in [0, 0.1) is 13.8 Å². The summed E-state index contributed by atoms with van der Waals surface area (Å²) in [6.45, 7) is 5.68.